The Kier molecular flexibility index (Phi) is 3.90. The predicted octanol–water partition coefficient (Wildman–Crippen LogP) is 3.52. The van der Waals surface area contributed by atoms with Gasteiger partial charge >= 0.3 is 0 Å². The van der Waals surface area contributed by atoms with Crippen LogP contribution in [0.3, 0.4) is 0 Å². The molecule has 0 atom stereocenters. The first-order valence-electron chi connectivity index (χ1n) is 7.53. The number of rotatable bonds is 4. The predicted molar refractivity (Wildman–Crippen MR) is 86.0 cm³/mol. The zero-order valence-electron chi connectivity index (χ0n) is 13.7. The molecule has 0 saturated heterocycles. The van der Waals surface area contributed by atoms with Gasteiger partial charge in [0.05, 0.1) is 22.9 Å². The van der Waals surface area contributed by atoms with Crippen LogP contribution in [0.4, 0.5) is 0 Å². The number of furan rings is 1. The standard InChI is InChI=1S/C17H19N3O3/c1-10(2)9-20(4)17(21)12-8-13(14-6-5-7-22-14)18-16-15(12)11(3)19-23-16/h5-8,10H,9H2,1-4H3. The van der Waals surface area contributed by atoms with Gasteiger partial charge in [0.2, 0.25) is 0 Å². The van der Waals surface area contributed by atoms with Crippen LogP contribution in [0, 0.1) is 12.8 Å². The second kappa shape index (κ2) is 5.87. The van der Waals surface area contributed by atoms with Crippen molar-refractivity contribution in [2.45, 2.75) is 20.8 Å². The molecule has 23 heavy (non-hydrogen) atoms. The summed E-state index contributed by atoms with van der Waals surface area (Å²) in [5.41, 5.74) is 2.08. The first kappa shape index (κ1) is 15.3. The molecule has 0 unspecified atom stereocenters. The summed E-state index contributed by atoms with van der Waals surface area (Å²) in [7, 11) is 1.80. The first-order chi connectivity index (χ1) is 11.0. The molecule has 0 aliphatic rings. The van der Waals surface area contributed by atoms with Crippen molar-refractivity contribution in [3.8, 4) is 11.5 Å². The topological polar surface area (TPSA) is 72.4 Å². The molecular formula is C17H19N3O3. The summed E-state index contributed by atoms with van der Waals surface area (Å²) >= 11 is 0. The van der Waals surface area contributed by atoms with Crippen LogP contribution >= 0.6 is 0 Å². The largest absolute Gasteiger partial charge is 0.463 e. The van der Waals surface area contributed by atoms with Crippen LogP contribution < -0.4 is 0 Å². The van der Waals surface area contributed by atoms with Crippen molar-refractivity contribution in [2.75, 3.05) is 13.6 Å². The van der Waals surface area contributed by atoms with Crippen LogP contribution in [0.25, 0.3) is 22.6 Å². The van der Waals surface area contributed by atoms with E-state index in [0.717, 1.165) is 0 Å². The number of carbonyl (C=O) groups is 1. The Morgan fingerprint density at radius 2 is 2.17 bits per heavy atom. The van der Waals surface area contributed by atoms with E-state index in [2.05, 4.69) is 24.0 Å². The number of aromatic nitrogens is 2. The average Bonchev–Trinajstić information content (AvgIpc) is 3.15. The molecule has 0 aromatic carbocycles. The maximum Gasteiger partial charge on any atom is 0.259 e. The summed E-state index contributed by atoms with van der Waals surface area (Å²) < 4.78 is 10.7. The number of hydrogen-bond donors (Lipinski definition) is 0. The van der Waals surface area contributed by atoms with E-state index in [-0.39, 0.29) is 5.91 Å². The molecule has 6 heteroatoms. The fourth-order valence-corrected chi connectivity index (χ4v) is 2.65. The fraction of sp³-hybridized carbons (Fsp3) is 0.353. The summed E-state index contributed by atoms with van der Waals surface area (Å²) in [6.45, 7) is 6.62. The zero-order chi connectivity index (χ0) is 16.6. The summed E-state index contributed by atoms with van der Waals surface area (Å²) in [6.07, 6.45) is 1.57. The first-order valence-corrected chi connectivity index (χ1v) is 7.53. The van der Waals surface area contributed by atoms with E-state index in [4.69, 9.17) is 8.94 Å². The van der Waals surface area contributed by atoms with Crippen molar-refractivity contribution in [1.82, 2.24) is 15.0 Å². The van der Waals surface area contributed by atoms with Crippen LogP contribution in [0.5, 0.6) is 0 Å². The van der Waals surface area contributed by atoms with Crippen molar-refractivity contribution in [3.05, 3.63) is 35.7 Å². The molecule has 0 N–H and O–H groups in total. The van der Waals surface area contributed by atoms with Gasteiger partial charge in [-0.1, -0.05) is 19.0 Å². The Bertz CT molecular complexity index is 834. The lowest BCUT2D eigenvalue weighted by molar-refractivity contribution is 0.0781. The third-order valence-electron chi connectivity index (χ3n) is 3.61. The third-order valence-corrected chi connectivity index (χ3v) is 3.61. The Balaban J connectivity index is 2.13. The highest BCUT2D eigenvalue weighted by atomic mass is 16.5. The molecule has 6 nitrogen and oxygen atoms in total. The van der Waals surface area contributed by atoms with E-state index in [1.165, 1.54) is 0 Å². The highest BCUT2D eigenvalue weighted by molar-refractivity contribution is 6.06. The molecule has 1 amide bonds. The maximum absolute atomic E-state index is 12.9. The van der Waals surface area contributed by atoms with E-state index in [1.54, 1.807) is 43.3 Å². The lowest BCUT2D eigenvalue weighted by Crippen LogP contribution is -2.30. The Hall–Kier alpha value is -2.63. The van der Waals surface area contributed by atoms with Gasteiger partial charge in [0.25, 0.3) is 11.6 Å². The molecule has 120 valence electrons. The molecule has 3 aromatic heterocycles. The lowest BCUT2D eigenvalue weighted by atomic mass is 10.1. The number of hydrogen-bond acceptors (Lipinski definition) is 5. The van der Waals surface area contributed by atoms with Gasteiger partial charge in [-0.05, 0) is 31.0 Å². The second-order valence-corrected chi connectivity index (χ2v) is 6.06. The molecule has 0 saturated carbocycles. The van der Waals surface area contributed by atoms with Gasteiger partial charge in [0.15, 0.2) is 5.76 Å². The van der Waals surface area contributed by atoms with Crippen LogP contribution in [0.1, 0.15) is 29.9 Å². The Labute approximate surface area is 134 Å². The third kappa shape index (κ3) is 2.84. The molecule has 3 aromatic rings. The van der Waals surface area contributed by atoms with Crippen molar-refractivity contribution >= 4 is 17.0 Å². The number of carbonyl (C=O) groups excluding carboxylic acids is 1. The molecule has 0 radical (unpaired) electrons. The van der Waals surface area contributed by atoms with E-state index < -0.39 is 0 Å². The highest BCUT2D eigenvalue weighted by Crippen LogP contribution is 2.28. The minimum absolute atomic E-state index is 0.0785. The Morgan fingerprint density at radius 3 is 2.83 bits per heavy atom. The smallest absolute Gasteiger partial charge is 0.259 e. The Morgan fingerprint density at radius 1 is 1.39 bits per heavy atom. The van der Waals surface area contributed by atoms with E-state index in [1.807, 2.05) is 0 Å². The van der Waals surface area contributed by atoms with Gasteiger partial charge in [-0.15, -0.1) is 0 Å². The molecular weight excluding hydrogens is 294 g/mol. The van der Waals surface area contributed by atoms with E-state index in [9.17, 15) is 4.79 Å². The molecule has 3 rings (SSSR count). The average molecular weight is 313 g/mol. The molecule has 0 fully saturated rings. The number of fused-ring (bicyclic) bond motifs is 1. The summed E-state index contributed by atoms with van der Waals surface area (Å²) in [6, 6.07) is 5.31. The highest BCUT2D eigenvalue weighted by Gasteiger charge is 2.22. The summed E-state index contributed by atoms with van der Waals surface area (Å²) in [5.74, 6) is 0.890. The van der Waals surface area contributed by atoms with Crippen LogP contribution in [-0.2, 0) is 0 Å². The molecule has 0 aliphatic heterocycles. The molecule has 3 heterocycles. The van der Waals surface area contributed by atoms with Crippen LogP contribution in [-0.4, -0.2) is 34.5 Å². The summed E-state index contributed by atoms with van der Waals surface area (Å²) in [4.78, 5) is 19.0. The van der Waals surface area contributed by atoms with E-state index >= 15 is 0 Å². The molecule has 0 aliphatic carbocycles. The number of aryl methyl sites for hydroxylation is 1. The fourth-order valence-electron chi connectivity index (χ4n) is 2.65. The molecule has 0 bridgehead atoms. The maximum atomic E-state index is 12.9. The van der Waals surface area contributed by atoms with Crippen molar-refractivity contribution < 1.29 is 13.7 Å². The minimum atomic E-state index is -0.0785. The van der Waals surface area contributed by atoms with Gasteiger partial charge in [-0.25, -0.2) is 4.98 Å². The van der Waals surface area contributed by atoms with Crippen molar-refractivity contribution in [1.29, 1.82) is 0 Å². The van der Waals surface area contributed by atoms with Gasteiger partial charge in [0.1, 0.15) is 5.69 Å². The minimum Gasteiger partial charge on any atom is -0.463 e. The van der Waals surface area contributed by atoms with Crippen LogP contribution in [0.2, 0.25) is 0 Å². The van der Waals surface area contributed by atoms with Crippen molar-refractivity contribution in [3.63, 3.8) is 0 Å². The van der Waals surface area contributed by atoms with Gasteiger partial charge in [-0.3, -0.25) is 4.79 Å². The SMILES string of the molecule is Cc1noc2nc(-c3ccco3)cc(C(=O)N(C)CC(C)C)c12. The second-order valence-electron chi connectivity index (χ2n) is 6.06. The van der Waals surface area contributed by atoms with E-state index in [0.29, 0.717) is 46.3 Å². The number of pyridine rings is 1. The lowest BCUT2D eigenvalue weighted by Gasteiger charge is -2.20. The molecule has 0 spiro atoms. The zero-order valence-corrected chi connectivity index (χ0v) is 13.7. The normalized spacial score (nSPS) is 11.3. The van der Waals surface area contributed by atoms with Gasteiger partial charge < -0.3 is 13.8 Å². The quantitative estimate of drug-likeness (QED) is 0.737. The van der Waals surface area contributed by atoms with Gasteiger partial charge in [0, 0.05) is 13.6 Å². The van der Waals surface area contributed by atoms with Crippen molar-refractivity contribution in [2.24, 2.45) is 5.92 Å². The summed E-state index contributed by atoms with van der Waals surface area (Å²) in [5, 5.41) is 4.60. The monoisotopic (exact) mass is 313 g/mol. The number of nitrogens with zero attached hydrogens (tertiary/aromatic N) is 3. The van der Waals surface area contributed by atoms with Gasteiger partial charge in [-0.2, -0.15) is 0 Å². The number of amides is 1. The van der Waals surface area contributed by atoms with Crippen LogP contribution in [0.15, 0.2) is 33.4 Å².